The molecule has 138 valence electrons. The summed E-state index contributed by atoms with van der Waals surface area (Å²) in [5, 5.41) is 23.5. The number of phenols is 1. The molecule has 0 unspecified atom stereocenters. The van der Waals surface area contributed by atoms with Crippen LogP contribution in [0, 0.1) is 10.1 Å². The third-order valence-electron chi connectivity index (χ3n) is 3.81. The molecule has 1 aliphatic heterocycles. The van der Waals surface area contributed by atoms with Gasteiger partial charge in [0.2, 0.25) is 0 Å². The lowest BCUT2D eigenvalue weighted by atomic mass is 10.1. The van der Waals surface area contributed by atoms with Gasteiger partial charge < -0.3 is 10.4 Å². The number of hydrogen-bond donors (Lipinski definition) is 2. The molecule has 27 heavy (non-hydrogen) atoms. The molecule has 0 aliphatic carbocycles. The topological polar surface area (TPSA) is 113 Å². The first-order chi connectivity index (χ1) is 12.8. The fourth-order valence-corrected chi connectivity index (χ4v) is 2.95. The number of nitrogens with one attached hydrogen (secondary N) is 1. The summed E-state index contributed by atoms with van der Waals surface area (Å²) in [7, 11) is 0. The van der Waals surface area contributed by atoms with Gasteiger partial charge in [-0.2, -0.15) is 0 Å². The number of nitrogens with zero attached hydrogens (tertiary/aromatic N) is 2. The first-order valence-electron chi connectivity index (χ1n) is 7.52. The van der Waals surface area contributed by atoms with Crippen molar-refractivity contribution in [2.75, 3.05) is 0 Å². The number of halogens is 2. The van der Waals surface area contributed by atoms with E-state index in [1.165, 1.54) is 18.2 Å². The Morgan fingerprint density at radius 1 is 1.19 bits per heavy atom. The summed E-state index contributed by atoms with van der Waals surface area (Å²) in [6, 6.07) is 7.67. The van der Waals surface area contributed by atoms with Gasteiger partial charge in [0, 0.05) is 16.1 Å². The highest BCUT2D eigenvalue weighted by Gasteiger charge is 2.34. The summed E-state index contributed by atoms with van der Waals surface area (Å²) in [6.45, 7) is -0.0618. The second kappa shape index (κ2) is 7.26. The third-order valence-corrected chi connectivity index (χ3v) is 4.40. The summed E-state index contributed by atoms with van der Waals surface area (Å²) in [6.07, 6.45) is 1.29. The van der Waals surface area contributed by atoms with Crippen molar-refractivity contribution in [1.82, 2.24) is 10.2 Å². The van der Waals surface area contributed by atoms with Gasteiger partial charge in [-0.05, 0) is 35.4 Å². The molecule has 10 heteroatoms. The van der Waals surface area contributed by atoms with Gasteiger partial charge in [-0.3, -0.25) is 19.8 Å². The Morgan fingerprint density at radius 2 is 1.93 bits per heavy atom. The van der Waals surface area contributed by atoms with Gasteiger partial charge in [0.15, 0.2) is 5.75 Å². The summed E-state index contributed by atoms with van der Waals surface area (Å²) >= 11 is 11.9. The van der Waals surface area contributed by atoms with Crippen LogP contribution in [0.2, 0.25) is 10.0 Å². The van der Waals surface area contributed by atoms with Crippen molar-refractivity contribution in [2.45, 2.75) is 6.54 Å². The average Bonchev–Trinajstić information content (AvgIpc) is 2.86. The predicted molar refractivity (Wildman–Crippen MR) is 98.3 cm³/mol. The molecule has 1 heterocycles. The molecule has 0 bridgehead atoms. The molecule has 0 atom stereocenters. The quantitative estimate of drug-likeness (QED) is 0.347. The van der Waals surface area contributed by atoms with E-state index in [1.807, 2.05) is 0 Å². The van der Waals surface area contributed by atoms with E-state index in [2.05, 4.69) is 5.32 Å². The molecule has 1 fully saturated rings. The van der Waals surface area contributed by atoms with E-state index < -0.39 is 28.3 Å². The normalized spacial score (nSPS) is 15.3. The molecule has 1 aliphatic rings. The van der Waals surface area contributed by atoms with E-state index in [0.717, 1.165) is 17.0 Å². The van der Waals surface area contributed by atoms with Crippen LogP contribution in [-0.2, 0) is 11.3 Å². The smallest absolute Gasteiger partial charge is 0.329 e. The van der Waals surface area contributed by atoms with Gasteiger partial charge in [0.1, 0.15) is 5.70 Å². The highest BCUT2D eigenvalue weighted by atomic mass is 35.5. The minimum Gasteiger partial charge on any atom is -0.502 e. The fraction of sp³-hybridized carbons (Fsp3) is 0.0588. The van der Waals surface area contributed by atoms with Crippen molar-refractivity contribution >= 4 is 46.9 Å². The maximum Gasteiger partial charge on any atom is 0.329 e. The van der Waals surface area contributed by atoms with Crippen molar-refractivity contribution in [3.8, 4) is 5.75 Å². The lowest BCUT2D eigenvalue weighted by Gasteiger charge is -2.13. The zero-order chi connectivity index (χ0) is 19.7. The van der Waals surface area contributed by atoms with Gasteiger partial charge in [0.05, 0.1) is 11.5 Å². The molecule has 0 radical (unpaired) electrons. The Hall–Kier alpha value is -3.10. The highest BCUT2D eigenvalue weighted by molar-refractivity contribution is 6.35. The molecule has 3 rings (SSSR count). The van der Waals surface area contributed by atoms with E-state index in [1.54, 1.807) is 12.1 Å². The summed E-state index contributed by atoms with van der Waals surface area (Å²) in [5.74, 6) is -1.11. The molecule has 1 saturated heterocycles. The largest absolute Gasteiger partial charge is 0.502 e. The van der Waals surface area contributed by atoms with Crippen LogP contribution in [0.25, 0.3) is 6.08 Å². The number of amides is 3. The zero-order valence-electron chi connectivity index (χ0n) is 13.5. The van der Waals surface area contributed by atoms with E-state index in [9.17, 15) is 24.8 Å². The van der Waals surface area contributed by atoms with Crippen molar-refractivity contribution in [1.29, 1.82) is 0 Å². The molecular formula is C17H11Cl2N3O5. The highest BCUT2D eigenvalue weighted by Crippen LogP contribution is 2.28. The van der Waals surface area contributed by atoms with Crippen LogP contribution in [0.15, 0.2) is 42.1 Å². The van der Waals surface area contributed by atoms with Crippen molar-refractivity contribution in [3.05, 3.63) is 73.4 Å². The molecule has 8 nitrogen and oxygen atoms in total. The van der Waals surface area contributed by atoms with E-state index in [-0.39, 0.29) is 17.8 Å². The predicted octanol–water partition coefficient (Wildman–Crippen LogP) is 3.70. The number of aromatic hydroxyl groups is 1. The van der Waals surface area contributed by atoms with Crippen LogP contribution >= 0.6 is 23.2 Å². The van der Waals surface area contributed by atoms with Crippen LogP contribution in [-0.4, -0.2) is 26.9 Å². The number of phenolic OH excluding ortho intramolecular Hbond substituents is 1. The number of benzene rings is 2. The number of hydrogen-bond acceptors (Lipinski definition) is 5. The van der Waals surface area contributed by atoms with Crippen molar-refractivity contribution in [2.24, 2.45) is 0 Å². The third kappa shape index (κ3) is 3.86. The van der Waals surface area contributed by atoms with Crippen LogP contribution in [0.1, 0.15) is 11.1 Å². The minimum atomic E-state index is -0.749. The van der Waals surface area contributed by atoms with E-state index in [0.29, 0.717) is 15.6 Å². The molecule has 2 aromatic carbocycles. The molecule has 0 aromatic heterocycles. The lowest BCUT2D eigenvalue weighted by Crippen LogP contribution is -2.30. The summed E-state index contributed by atoms with van der Waals surface area (Å²) in [4.78, 5) is 35.7. The fourth-order valence-electron chi connectivity index (χ4n) is 2.48. The van der Waals surface area contributed by atoms with Crippen LogP contribution in [0.5, 0.6) is 5.75 Å². The Morgan fingerprint density at radius 3 is 2.59 bits per heavy atom. The SMILES string of the molecule is O=C1N/C(=C\c2ccc(O)c([N+](=O)[O-])c2)C(=O)N1Cc1ccc(Cl)cc1Cl. The Bertz CT molecular complexity index is 1010. The van der Waals surface area contributed by atoms with E-state index in [4.69, 9.17) is 23.2 Å². The van der Waals surface area contributed by atoms with Gasteiger partial charge >= 0.3 is 11.7 Å². The standard InChI is InChI=1S/C17H11Cl2N3O5/c18-11-3-2-10(12(19)7-11)8-21-16(24)13(20-17(21)25)5-9-1-4-15(23)14(6-9)22(26)27/h1-7,23H,8H2,(H,20,25)/b13-5-. The summed E-state index contributed by atoms with van der Waals surface area (Å²) < 4.78 is 0. The summed E-state index contributed by atoms with van der Waals surface area (Å²) in [5.41, 5.74) is 0.247. The first-order valence-corrected chi connectivity index (χ1v) is 8.27. The maximum atomic E-state index is 12.5. The van der Waals surface area contributed by atoms with Crippen molar-refractivity contribution < 1.29 is 19.6 Å². The second-order valence-corrected chi connectivity index (χ2v) is 6.46. The van der Waals surface area contributed by atoms with Crippen molar-refractivity contribution in [3.63, 3.8) is 0 Å². The number of imide groups is 1. The molecule has 0 spiro atoms. The maximum absolute atomic E-state index is 12.5. The minimum absolute atomic E-state index is 0.0509. The lowest BCUT2D eigenvalue weighted by molar-refractivity contribution is -0.385. The molecule has 3 amide bonds. The number of nitro groups is 1. The molecular weight excluding hydrogens is 397 g/mol. The number of carbonyl (C=O) groups excluding carboxylic acids is 2. The molecule has 2 aromatic rings. The first kappa shape index (κ1) is 18.7. The number of urea groups is 1. The van der Waals surface area contributed by atoms with E-state index >= 15 is 0 Å². The second-order valence-electron chi connectivity index (χ2n) is 5.62. The van der Waals surface area contributed by atoms with Gasteiger partial charge in [0.25, 0.3) is 5.91 Å². The molecule has 0 saturated carbocycles. The molecule has 2 N–H and O–H groups in total. The number of carbonyl (C=O) groups is 2. The van der Waals surface area contributed by atoms with Gasteiger partial charge in [-0.25, -0.2) is 4.79 Å². The zero-order valence-corrected chi connectivity index (χ0v) is 15.0. The van der Waals surface area contributed by atoms with Crippen LogP contribution < -0.4 is 5.32 Å². The number of rotatable bonds is 4. The Labute approximate surface area is 162 Å². The Balaban J connectivity index is 1.86. The monoisotopic (exact) mass is 407 g/mol. The van der Waals surface area contributed by atoms with Gasteiger partial charge in [-0.15, -0.1) is 0 Å². The average molecular weight is 408 g/mol. The van der Waals surface area contributed by atoms with Crippen LogP contribution in [0.3, 0.4) is 0 Å². The number of nitro benzene ring substituents is 1. The van der Waals surface area contributed by atoms with Gasteiger partial charge in [-0.1, -0.05) is 35.3 Å². The Kier molecular flexibility index (Phi) is 5.02. The van der Waals surface area contributed by atoms with Crippen LogP contribution in [0.4, 0.5) is 10.5 Å².